The van der Waals surface area contributed by atoms with Gasteiger partial charge in [-0.15, -0.1) is 0 Å². The molecule has 5 heteroatoms. The summed E-state index contributed by atoms with van der Waals surface area (Å²) in [5, 5.41) is 2.84. The Hall–Kier alpha value is -0.980. The van der Waals surface area contributed by atoms with E-state index in [0.717, 1.165) is 10.8 Å². The minimum absolute atomic E-state index is 0.107. The van der Waals surface area contributed by atoms with E-state index >= 15 is 0 Å². The largest absolute Gasteiger partial charge is 0.485 e. The second kappa shape index (κ2) is 6.09. The summed E-state index contributed by atoms with van der Waals surface area (Å²) in [4.78, 5) is 11.8. The van der Waals surface area contributed by atoms with Crippen molar-refractivity contribution in [1.82, 2.24) is 5.32 Å². The summed E-state index contributed by atoms with van der Waals surface area (Å²) in [5.74, 6) is 1.22. The van der Waals surface area contributed by atoms with E-state index in [1.165, 1.54) is 0 Å². The molecule has 17 heavy (non-hydrogen) atoms. The molecule has 1 aromatic rings. The molecular formula is C12H14INO3. The maximum absolute atomic E-state index is 11.8. The molecule has 92 valence electrons. The molecule has 0 bridgehead atoms. The summed E-state index contributed by atoms with van der Waals surface area (Å²) < 4.78 is 12.1. The number of amides is 1. The average molecular weight is 347 g/mol. The number of para-hydroxylation sites is 2. The number of benzene rings is 1. The van der Waals surface area contributed by atoms with E-state index in [1.54, 1.807) is 6.07 Å². The number of carbonyl (C=O) groups is 1. The van der Waals surface area contributed by atoms with Crippen LogP contribution in [0.5, 0.6) is 11.5 Å². The quantitative estimate of drug-likeness (QED) is 0.513. The lowest BCUT2D eigenvalue weighted by Crippen LogP contribution is -2.44. The van der Waals surface area contributed by atoms with Crippen molar-refractivity contribution in [2.75, 3.05) is 17.6 Å². The first-order valence-electron chi connectivity index (χ1n) is 5.53. The average Bonchev–Trinajstić information content (AvgIpc) is 2.38. The lowest BCUT2D eigenvalue weighted by molar-refractivity contribution is -0.130. The normalized spacial score (nSPS) is 17.6. The van der Waals surface area contributed by atoms with Gasteiger partial charge in [-0.05, 0) is 18.6 Å². The molecule has 1 aliphatic heterocycles. The molecule has 0 saturated carbocycles. The third-order valence-electron chi connectivity index (χ3n) is 2.41. The van der Waals surface area contributed by atoms with E-state index < -0.39 is 6.10 Å². The van der Waals surface area contributed by atoms with E-state index in [1.807, 2.05) is 18.2 Å². The van der Waals surface area contributed by atoms with Gasteiger partial charge in [0.15, 0.2) is 11.5 Å². The van der Waals surface area contributed by atoms with E-state index in [2.05, 4.69) is 27.9 Å². The Kier molecular flexibility index (Phi) is 4.47. The summed E-state index contributed by atoms with van der Waals surface area (Å²) in [6.07, 6.45) is 0.426. The van der Waals surface area contributed by atoms with Crippen molar-refractivity contribution in [3.63, 3.8) is 0 Å². The molecular weight excluding hydrogens is 333 g/mol. The van der Waals surface area contributed by atoms with Gasteiger partial charge in [-0.3, -0.25) is 4.79 Å². The van der Waals surface area contributed by atoms with Crippen molar-refractivity contribution in [3.8, 4) is 11.5 Å². The van der Waals surface area contributed by atoms with Crippen LogP contribution in [0.15, 0.2) is 24.3 Å². The molecule has 0 aliphatic carbocycles. The van der Waals surface area contributed by atoms with E-state index in [4.69, 9.17) is 9.47 Å². The molecule has 0 aromatic heterocycles. The van der Waals surface area contributed by atoms with Crippen LogP contribution in [-0.4, -0.2) is 29.6 Å². The Labute approximate surface area is 114 Å². The Balaban J connectivity index is 1.91. The third-order valence-corrected chi connectivity index (χ3v) is 3.17. The van der Waals surface area contributed by atoms with Gasteiger partial charge in [0, 0.05) is 11.0 Å². The Morgan fingerprint density at radius 2 is 2.18 bits per heavy atom. The van der Waals surface area contributed by atoms with Crippen molar-refractivity contribution in [3.05, 3.63) is 24.3 Å². The molecule has 4 nitrogen and oxygen atoms in total. The molecule has 1 amide bonds. The predicted molar refractivity (Wildman–Crippen MR) is 72.9 cm³/mol. The molecule has 0 spiro atoms. The lowest BCUT2D eigenvalue weighted by atomic mass is 10.2. The molecule has 1 atom stereocenters. The fourth-order valence-corrected chi connectivity index (χ4v) is 1.92. The predicted octanol–water partition coefficient (Wildman–Crippen LogP) is 1.77. The number of fused-ring (bicyclic) bond motifs is 1. The van der Waals surface area contributed by atoms with Crippen LogP contribution in [0.1, 0.15) is 6.42 Å². The van der Waals surface area contributed by atoms with Crippen LogP contribution in [-0.2, 0) is 4.79 Å². The van der Waals surface area contributed by atoms with Gasteiger partial charge in [0.2, 0.25) is 6.10 Å². The second-order valence-electron chi connectivity index (χ2n) is 3.70. The van der Waals surface area contributed by atoms with Crippen LogP contribution >= 0.6 is 22.6 Å². The van der Waals surface area contributed by atoms with Crippen LogP contribution in [0, 0.1) is 0 Å². The van der Waals surface area contributed by atoms with E-state index in [-0.39, 0.29) is 12.5 Å². The van der Waals surface area contributed by atoms with Gasteiger partial charge in [-0.1, -0.05) is 34.7 Å². The first-order chi connectivity index (χ1) is 8.31. The minimum Gasteiger partial charge on any atom is -0.485 e. The fourth-order valence-electron chi connectivity index (χ4n) is 1.54. The topological polar surface area (TPSA) is 47.6 Å². The third kappa shape index (κ3) is 3.24. The highest BCUT2D eigenvalue weighted by atomic mass is 127. The molecule has 0 radical (unpaired) electrons. The Bertz CT molecular complexity index is 397. The number of ether oxygens (including phenoxy) is 2. The summed E-state index contributed by atoms with van der Waals surface area (Å²) in [6.45, 7) is 0.955. The SMILES string of the molecule is O=C(NCCCI)C1COc2ccccc2O1. The van der Waals surface area contributed by atoms with Crippen molar-refractivity contribution in [2.45, 2.75) is 12.5 Å². The number of hydrogen-bond donors (Lipinski definition) is 1. The van der Waals surface area contributed by atoms with Crippen LogP contribution in [0.4, 0.5) is 0 Å². The maximum atomic E-state index is 11.8. The Morgan fingerprint density at radius 1 is 1.41 bits per heavy atom. The molecule has 1 aliphatic rings. The summed E-state index contributed by atoms with van der Waals surface area (Å²) >= 11 is 2.28. The highest BCUT2D eigenvalue weighted by molar-refractivity contribution is 14.1. The maximum Gasteiger partial charge on any atom is 0.264 e. The highest BCUT2D eigenvalue weighted by Crippen LogP contribution is 2.30. The molecule has 2 rings (SSSR count). The van der Waals surface area contributed by atoms with Crippen molar-refractivity contribution >= 4 is 28.5 Å². The zero-order valence-corrected chi connectivity index (χ0v) is 11.5. The zero-order chi connectivity index (χ0) is 12.1. The van der Waals surface area contributed by atoms with E-state index in [9.17, 15) is 4.79 Å². The number of carbonyl (C=O) groups excluding carboxylic acids is 1. The van der Waals surface area contributed by atoms with Crippen molar-refractivity contribution < 1.29 is 14.3 Å². The van der Waals surface area contributed by atoms with Crippen LogP contribution in [0.25, 0.3) is 0 Å². The highest BCUT2D eigenvalue weighted by Gasteiger charge is 2.26. The summed E-state index contributed by atoms with van der Waals surface area (Å²) in [6, 6.07) is 7.38. The minimum atomic E-state index is -0.542. The number of rotatable bonds is 4. The molecule has 0 fully saturated rings. The number of halogens is 1. The molecule has 1 aromatic carbocycles. The van der Waals surface area contributed by atoms with Crippen LogP contribution in [0.2, 0.25) is 0 Å². The summed E-state index contributed by atoms with van der Waals surface area (Å²) in [5.41, 5.74) is 0. The molecule has 1 heterocycles. The lowest BCUT2D eigenvalue weighted by Gasteiger charge is -2.25. The van der Waals surface area contributed by atoms with Gasteiger partial charge in [0.25, 0.3) is 5.91 Å². The van der Waals surface area contributed by atoms with Gasteiger partial charge in [0.05, 0.1) is 0 Å². The number of hydrogen-bond acceptors (Lipinski definition) is 3. The van der Waals surface area contributed by atoms with E-state index in [0.29, 0.717) is 18.0 Å². The molecule has 1 N–H and O–H groups in total. The van der Waals surface area contributed by atoms with Gasteiger partial charge >= 0.3 is 0 Å². The number of alkyl halides is 1. The fraction of sp³-hybridized carbons (Fsp3) is 0.417. The monoisotopic (exact) mass is 347 g/mol. The molecule has 0 saturated heterocycles. The summed E-state index contributed by atoms with van der Waals surface area (Å²) in [7, 11) is 0. The second-order valence-corrected chi connectivity index (χ2v) is 4.78. The number of nitrogens with one attached hydrogen (secondary N) is 1. The Morgan fingerprint density at radius 3 is 2.94 bits per heavy atom. The van der Waals surface area contributed by atoms with Crippen LogP contribution in [0.3, 0.4) is 0 Å². The van der Waals surface area contributed by atoms with Crippen molar-refractivity contribution in [1.29, 1.82) is 0 Å². The van der Waals surface area contributed by atoms with Gasteiger partial charge in [-0.2, -0.15) is 0 Å². The van der Waals surface area contributed by atoms with Gasteiger partial charge in [-0.25, -0.2) is 0 Å². The standard InChI is InChI=1S/C12H14INO3/c13-6-3-7-14-12(15)11-8-16-9-4-1-2-5-10(9)17-11/h1-2,4-5,11H,3,6-8H2,(H,14,15). The van der Waals surface area contributed by atoms with Gasteiger partial charge < -0.3 is 14.8 Å². The molecule has 1 unspecified atom stereocenters. The first kappa shape index (κ1) is 12.5. The zero-order valence-electron chi connectivity index (χ0n) is 9.32. The van der Waals surface area contributed by atoms with Crippen LogP contribution < -0.4 is 14.8 Å². The smallest absolute Gasteiger partial charge is 0.264 e. The first-order valence-corrected chi connectivity index (χ1v) is 7.06. The van der Waals surface area contributed by atoms with Gasteiger partial charge in [0.1, 0.15) is 6.61 Å². The van der Waals surface area contributed by atoms with Crippen molar-refractivity contribution in [2.24, 2.45) is 0 Å².